The van der Waals surface area contributed by atoms with Gasteiger partial charge >= 0.3 is 0 Å². The van der Waals surface area contributed by atoms with Gasteiger partial charge < -0.3 is 10.6 Å². The summed E-state index contributed by atoms with van der Waals surface area (Å²) in [7, 11) is 0. The summed E-state index contributed by atoms with van der Waals surface area (Å²) >= 11 is 5.90. The first kappa shape index (κ1) is 17.2. The molecule has 1 aromatic heterocycles. The summed E-state index contributed by atoms with van der Waals surface area (Å²) < 4.78 is 0. The molecule has 128 valence electrons. The number of benzene rings is 2. The lowest BCUT2D eigenvalue weighted by Crippen LogP contribution is -2.08. The summed E-state index contributed by atoms with van der Waals surface area (Å²) in [6.45, 7) is 2.90. The van der Waals surface area contributed by atoms with Crippen molar-refractivity contribution in [2.75, 3.05) is 17.2 Å². The Balaban J connectivity index is 1.60. The lowest BCUT2D eigenvalue weighted by atomic mass is 10.1. The zero-order valence-electron chi connectivity index (χ0n) is 14.2. The zero-order valence-corrected chi connectivity index (χ0v) is 14.9. The minimum absolute atomic E-state index is 0.618. The fourth-order valence-corrected chi connectivity index (χ4v) is 2.70. The van der Waals surface area contributed by atoms with Crippen molar-refractivity contribution in [1.82, 2.24) is 9.97 Å². The van der Waals surface area contributed by atoms with Gasteiger partial charge in [-0.1, -0.05) is 48.9 Å². The molecule has 0 atom stereocenters. The second kappa shape index (κ2) is 8.49. The molecule has 0 unspecified atom stereocenters. The van der Waals surface area contributed by atoms with E-state index in [0.29, 0.717) is 5.95 Å². The maximum Gasteiger partial charge on any atom is 0.224 e. The van der Waals surface area contributed by atoms with Gasteiger partial charge in [0.25, 0.3) is 0 Å². The second-order valence-electron chi connectivity index (χ2n) is 5.70. The molecule has 5 heteroatoms. The number of aromatic nitrogens is 2. The minimum atomic E-state index is 0.618. The first-order valence-corrected chi connectivity index (χ1v) is 8.78. The Labute approximate surface area is 153 Å². The van der Waals surface area contributed by atoms with Crippen molar-refractivity contribution in [2.45, 2.75) is 19.8 Å². The molecule has 0 saturated carbocycles. The minimum Gasteiger partial charge on any atom is -0.354 e. The highest BCUT2D eigenvalue weighted by Gasteiger charge is 2.03. The Kier molecular flexibility index (Phi) is 5.86. The van der Waals surface area contributed by atoms with E-state index in [1.54, 1.807) is 6.20 Å². The van der Waals surface area contributed by atoms with Crippen LogP contribution in [0.1, 0.15) is 18.1 Å². The Morgan fingerprint density at radius 2 is 1.80 bits per heavy atom. The van der Waals surface area contributed by atoms with Gasteiger partial charge in [0, 0.05) is 23.5 Å². The van der Waals surface area contributed by atoms with E-state index < -0.39 is 0 Å². The van der Waals surface area contributed by atoms with Crippen LogP contribution in [0.15, 0.2) is 60.8 Å². The number of para-hydroxylation sites is 1. The molecule has 25 heavy (non-hydrogen) atoms. The molecule has 4 nitrogen and oxygen atoms in total. The van der Waals surface area contributed by atoms with E-state index in [4.69, 9.17) is 11.6 Å². The van der Waals surface area contributed by atoms with Gasteiger partial charge in [0.05, 0.1) is 0 Å². The predicted octanol–water partition coefficient (Wildman–Crippen LogP) is 5.09. The number of nitrogens with zero attached hydrogens (tertiary/aromatic N) is 2. The van der Waals surface area contributed by atoms with E-state index in [9.17, 15) is 0 Å². The number of aryl methyl sites for hydroxylation is 1. The van der Waals surface area contributed by atoms with Crippen LogP contribution in [0.5, 0.6) is 0 Å². The lowest BCUT2D eigenvalue weighted by molar-refractivity contribution is 0.985. The van der Waals surface area contributed by atoms with Gasteiger partial charge in [-0.25, -0.2) is 4.98 Å². The molecular formula is C20H21ClN4. The zero-order chi connectivity index (χ0) is 17.5. The summed E-state index contributed by atoms with van der Waals surface area (Å²) in [5, 5.41) is 7.40. The van der Waals surface area contributed by atoms with Crippen LogP contribution in [0.2, 0.25) is 5.02 Å². The van der Waals surface area contributed by atoms with Gasteiger partial charge in [-0.05, 0) is 48.2 Å². The number of hydrogen-bond donors (Lipinski definition) is 2. The van der Waals surface area contributed by atoms with Crippen LogP contribution in [0.3, 0.4) is 0 Å². The number of anilines is 3. The topological polar surface area (TPSA) is 49.8 Å². The molecule has 0 amide bonds. The molecule has 0 aliphatic carbocycles. The summed E-state index contributed by atoms with van der Waals surface area (Å²) in [6.07, 6.45) is 3.62. The van der Waals surface area contributed by atoms with Crippen LogP contribution in [0.4, 0.5) is 17.5 Å². The molecule has 0 aliphatic rings. The quantitative estimate of drug-likeness (QED) is 0.621. The largest absolute Gasteiger partial charge is 0.354 e. The van der Waals surface area contributed by atoms with E-state index in [1.165, 1.54) is 11.1 Å². The van der Waals surface area contributed by atoms with Crippen molar-refractivity contribution >= 4 is 29.1 Å². The van der Waals surface area contributed by atoms with Crippen molar-refractivity contribution < 1.29 is 0 Å². The Bertz CT molecular complexity index is 818. The number of nitrogens with one attached hydrogen (secondary N) is 2. The van der Waals surface area contributed by atoms with E-state index in [2.05, 4.69) is 39.7 Å². The molecule has 3 aromatic rings. The normalized spacial score (nSPS) is 10.5. The average Bonchev–Trinajstić information content (AvgIpc) is 2.64. The van der Waals surface area contributed by atoms with Crippen LogP contribution >= 0.6 is 11.6 Å². The Morgan fingerprint density at radius 1 is 1.00 bits per heavy atom. The highest BCUT2D eigenvalue weighted by Crippen LogP contribution is 2.20. The van der Waals surface area contributed by atoms with Crippen LogP contribution in [0, 0.1) is 0 Å². The van der Waals surface area contributed by atoms with Crippen LogP contribution in [0.25, 0.3) is 0 Å². The van der Waals surface area contributed by atoms with Gasteiger partial charge in [0.2, 0.25) is 5.95 Å². The Morgan fingerprint density at radius 3 is 2.60 bits per heavy atom. The first-order valence-electron chi connectivity index (χ1n) is 8.41. The SMILES string of the molecule is CCc1ccccc1Nc1ccnc(NCCc2ccc(Cl)cc2)n1. The van der Waals surface area contributed by atoms with E-state index in [1.807, 2.05) is 42.5 Å². The highest BCUT2D eigenvalue weighted by molar-refractivity contribution is 6.30. The van der Waals surface area contributed by atoms with E-state index >= 15 is 0 Å². The fraction of sp³-hybridized carbons (Fsp3) is 0.200. The maximum atomic E-state index is 5.90. The molecule has 0 fully saturated rings. The number of hydrogen-bond acceptors (Lipinski definition) is 4. The highest BCUT2D eigenvalue weighted by atomic mass is 35.5. The van der Waals surface area contributed by atoms with Gasteiger partial charge in [-0.2, -0.15) is 4.98 Å². The third kappa shape index (κ3) is 4.94. The maximum absolute atomic E-state index is 5.90. The molecule has 0 bridgehead atoms. The van der Waals surface area contributed by atoms with Crippen molar-refractivity contribution in [2.24, 2.45) is 0 Å². The molecule has 0 spiro atoms. The summed E-state index contributed by atoms with van der Waals surface area (Å²) in [5.41, 5.74) is 3.57. The Hall–Kier alpha value is -2.59. The van der Waals surface area contributed by atoms with E-state index in [-0.39, 0.29) is 0 Å². The van der Waals surface area contributed by atoms with Crippen molar-refractivity contribution in [3.63, 3.8) is 0 Å². The molecule has 0 radical (unpaired) electrons. The van der Waals surface area contributed by atoms with Gasteiger partial charge in [-0.15, -0.1) is 0 Å². The van der Waals surface area contributed by atoms with Crippen molar-refractivity contribution in [1.29, 1.82) is 0 Å². The molecule has 1 heterocycles. The van der Waals surface area contributed by atoms with Gasteiger partial charge in [-0.3, -0.25) is 0 Å². The molecule has 3 rings (SSSR count). The smallest absolute Gasteiger partial charge is 0.224 e. The predicted molar refractivity (Wildman–Crippen MR) is 105 cm³/mol. The molecule has 0 aliphatic heterocycles. The molecule has 0 saturated heterocycles. The molecular weight excluding hydrogens is 332 g/mol. The van der Waals surface area contributed by atoms with Crippen molar-refractivity contribution in [3.8, 4) is 0 Å². The lowest BCUT2D eigenvalue weighted by Gasteiger charge is -2.11. The third-order valence-corrected chi connectivity index (χ3v) is 4.18. The third-order valence-electron chi connectivity index (χ3n) is 3.93. The number of halogens is 1. The van der Waals surface area contributed by atoms with Gasteiger partial charge in [0.1, 0.15) is 5.82 Å². The standard InChI is InChI=1S/C20H21ClN4/c1-2-16-5-3-4-6-18(16)24-19-12-14-23-20(25-19)22-13-11-15-7-9-17(21)10-8-15/h3-10,12,14H,2,11,13H2,1H3,(H2,22,23,24,25). The summed E-state index contributed by atoms with van der Waals surface area (Å²) in [6, 6.07) is 18.0. The fourth-order valence-electron chi connectivity index (χ4n) is 2.57. The van der Waals surface area contributed by atoms with Crippen molar-refractivity contribution in [3.05, 3.63) is 76.9 Å². The molecule has 2 N–H and O–H groups in total. The molecule has 2 aromatic carbocycles. The summed E-state index contributed by atoms with van der Waals surface area (Å²) in [4.78, 5) is 8.82. The van der Waals surface area contributed by atoms with E-state index in [0.717, 1.165) is 35.9 Å². The van der Waals surface area contributed by atoms with Crippen LogP contribution < -0.4 is 10.6 Å². The number of rotatable bonds is 7. The van der Waals surface area contributed by atoms with Crippen LogP contribution in [-0.2, 0) is 12.8 Å². The first-order chi connectivity index (χ1) is 12.2. The average molecular weight is 353 g/mol. The summed E-state index contributed by atoms with van der Waals surface area (Å²) in [5.74, 6) is 1.40. The van der Waals surface area contributed by atoms with Crippen LogP contribution in [-0.4, -0.2) is 16.5 Å². The monoisotopic (exact) mass is 352 g/mol. The second-order valence-corrected chi connectivity index (χ2v) is 6.14. The van der Waals surface area contributed by atoms with Gasteiger partial charge in [0.15, 0.2) is 0 Å².